The normalized spacial score (nSPS) is 26.8. The van der Waals surface area contributed by atoms with Crippen LogP contribution in [0.5, 0.6) is 0 Å². The maximum atomic E-state index is 10.00. The van der Waals surface area contributed by atoms with Gasteiger partial charge in [-0.05, 0) is 39.3 Å². The van der Waals surface area contributed by atoms with E-state index in [-0.39, 0.29) is 12.2 Å². The quantitative estimate of drug-likeness (QED) is 0.702. The molecule has 0 aromatic heterocycles. The van der Waals surface area contributed by atoms with Gasteiger partial charge < -0.3 is 20.1 Å². The van der Waals surface area contributed by atoms with E-state index in [1.54, 1.807) is 0 Å². The zero-order chi connectivity index (χ0) is 14.3. The van der Waals surface area contributed by atoms with Gasteiger partial charge in [0.1, 0.15) is 0 Å². The van der Waals surface area contributed by atoms with E-state index in [0.717, 1.165) is 26.2 Å². The topological polar surface area (TPSA) is 44.7 Å². The van der Waals surface area contributed by atoms with Gasteiger partial charge in [0.2, 0.25) is 0 Å². The van der Waals surface area contributed by atoms with Gasteiger partial charge in [-0.2, -0.15) is 0 Å². The molecule has 0 amide bonds. The third kappa shape index (κ3) is 6.21. The number of piperidine rings is 1. The average molecular weight is 272 g/mol. The van der Waals surface area contributed by atoms with Gasteiger partial charge in [0.05, 0.1) is 18.8 Å². The maximum Gasteiger partial charge on any atom is 0.0900 e. The molecule has 4 heteroatoms. The fourth-order valence-electron chi connectivity index (χ4n) is 2.87. The van der Waals surface area contributed by atoms with Gasteiger partial charge in [-0.25, -0.2) is 0 Å². The van der Waals surface area contributed by atoms with Crippen molar-refractivity contribution >= 4 is 0 Å². The molecule has 0 spiro atoms. The number of β-amino-alcohol motifs (C(OH)–C–C–N with tert-alkyl or cyclic N) is 1. The average Bonchev–Trinajstić information content (AvgIpc) is 2.38. The number of likely N-dealkylation sites (tertiary alicyclic amines) is 1. The highest BCUT2D eigenvalue weighted by atomic mass is 16.5. The summed E-state index contributed by atoms with van der Waals surface area (Å²) in [6.07, 6.45) is 2.21. The van der Waals surface area contributed by atoms with Crippen molar-refractivity contribution in [2.24, 2.45) is 5.92 Å². The second-order valence-electron chi connectivity index (χ2n) is 5.92. The molecule has 0 bridgehead atoms. The largest absolute Gasteiger partial charge is 0.389 e. The first-order valence-electron chi connectivity index (χ1n) is 7.82. The van der Waals surface area contributed by atoms with Crippen molar-refractivity contribution in [3.8, 4) is 0 Å². The van der Waals surface area contributed by atoms with Crippen LogP contribution in [-0.2, 0) is 4.74 Å². The maximum absolute atomic E-state index is 10.00. The lowest BCUT2D eigenvalue weighted by atomic mass is 9.89. The van der Waals surface area contributed by atoms with E-state index in [2.05, 4.69) is 24.1 Å². The number of hydrogen-bond donors (Lipinski definition) is 2. The summed E-state index contributed by atoms with van der Waals surface area (Å²) in [6, 6.07) is 0.648. The molecule has 0 aromatic rings. The van der Waals surface area contributed by atoms with Crippen molar-refractivity contribution in [3.63, 3.8) is 0 Å². The van der Waals surface area contributed by atoms with Crippen LogP contribution < -0.4 is 5.32 Å². The van der Waals surface area contributed by atoms with Crippen molar-refractivity contribution in [2.75, 3.05) is 32.8 Å². The molecule has 2 N–H and O–H groups in total. The Morgan fingerprint density at radius 1 is 1.37 bits per heavy atom. The van der Waals surface area contributed by atoms with Gasteiger partial charge >= 0.3 is 0 Å². The van der Waals surface area contributed by atoms with E-state index in [0.29, 0.717) is 18.6 Å². The third-order valence-corrected chi connectivity index (χ3v) is 3.90. The summed E-state index contributed by atoms with van der Waals surface area (Å²) in [5.74, 6) is 0.701. The Bertz CT molecular complexity index is 236. The number of rotatable bonds is 8. The molecule has 1 saturated heterocycles. The Balaban J connectivity index is 2.32. The van der Waals surface area contributed by atoms with Crippen molar-refractivity contribution in [1.29, 1.82) is 0 Å². The lowest BCUT2D eigenvalue weighted by Gasteiger charge is -2.39. The first kappa shape index (κ1) is 16.9. The predicted molar refractivity (Wildman–Crippen MR) is 79.4 cm³/mol. The van der Waals surface area contributed by atoms with Crippen molar-refractivity contribution in [2.45, 2.75) is 58.8 Å². The van der Waals surface area contributed by atoms with Gasteiger partial charge in [0, 0.05) is 19.1 Å². The van der Waals surface area contributed by atoms with Crippen LogP contribution in [0.1, 0.15) is 40.5 Å². The second kappa shape index (κ2) is 8.90. The van der Waals surface area contributed by atoms with Crippen LogP contribution in [-0.4, -0.2) is 61.0 Å². The number of aliphatic hydroxyl groups is 1. The van der Waals surface area contributed by atoms with Crippen LogP contribution in [0.2, 0.25) is 0 Å². The summed E-state index contributed by atoms with van der Waals surface area (Å²) < 4.78 is 5.47. The van der Waals surface area contributed by atoms with Crippen molar-refractivity contribution in [3.05, 3.63) is 0 Å². The van der Waals surface area contributed by atoms with Crippen LogP contribution in [0, 0.1) is 5.92 Å². The van der Waals surface area contributed by atoms with Gasteiger partial charge in [-0.3, -0.25) is 0 Å². The molecule has 3 atom stereocenters. The molecule has 3 unspecified atom stereocenters. The molecule has 0 saturated carbocycles. The van der Waals surface area contributed by atoms with E-state index < -0.39 is 0 Å². The summed E-state index contributed by atoms with van der Waals surface area (Å²) in [7, 11) is 0. The summed E-state index contributed by atoms with van der Waals surface area (Å²) in [6.45, 7) is 12.8. The molecule has 1 heterocycles. The molecule has 0 radical (unpaired) electrons. The Labute approximate surface area is 118 Å². The lowest BCUT2D eigenvalue weighted by molar-refractivity contribution is -0.0156. The highest BCUT2D eigenvalue weighted by Crippen LogP contribution is 2.20. The minimum atomic E-state index is -0.365. The predicted octanol–water partition coefficient (Wildman–Crippen LogP) is 1.48. The van der Waals surface area contributed by atoms with Crippen molar-refractivity contribution in [1.82, 2.24) is 10.2 Å². The molecular weight excluding hydrogens is 240 g/mol. The Morgan fingerprint density at radius 2 is 2.11 bits per heavy atom. The van der Waals surface area contributed by atoms with Crippen LogP contribution >= 0.6 is 0 Å². The second-order valence-corrected chi connectivity index (χ2v) is 5.92. The minimum Gasteiger partial charge on any atom is -0.389 e. The highest BCUT2D eigenvalue weighted by molar-refractivity contribution is 4.85. The number of aliphatic hydroxyl groups excluding tert-OH is 1. The Morgan fingerprint density at radius 3 is 2.68 bits per heavy atom. The van der Waals surface area contributed by atoms with Crippen LogP contribution in [0.4, 0.5) is 0 Å². The monoisotopic (exact) mass is 272 g/mol. The summed E-state index contributed by atoms with van der Waals surface area (Å²) in [5, 5.41) is 13.6. The van der Waals surface area contributed by atoms with Gasteiger partial charge in [-0.15, -0.1) is 0 Å². The van der Waals surface area contributed by atoms with Crippen LogP contribution in [0.15, 0.2) is 0 Å². The number of nitrogens with zero attached hydrogens (tertiary/aromatic N) is 1. The smallest absolute Gasteiger partial charge is 0.0900 e. The Hall–Kier alpha value is -0.160. The summed E-state index contributed by atoms with van der Waals surface area (Å²) in [5.41, 5.74) is 0. The number of nitrogens with one attached hydrogen (secondary N) is 1. The molecular formula is C15H32N2O2. The van der Waals surface area contributed by atoms with E-state index in [1.165, 1.54) is 12.8 Å². The first-order chi connectivity index (χ1) is 9.06. The molecule has 1 rings (SSSR count). The minimum absolute atomic E-state index is 0.192. The van der Waals surface area contributed by atoms with Crippen LogP contribution in [0.25, 0.3) is 0 Å². The zero-order valence-corrected chi connectivity index (χ0v) is 13.1. The number of ether oxygens (including phenoxy) is 1. The fraction of sp³-hybridized carbons (Fsp3) is 1.00. The zero-order valence-electron chi connectivity index (χ0n) is 13.1. The standard InChI is InChI=1S/C15H32N2O2/c1-5-13-9-17(8-7-15(13)16-6-2)10-14(18)11-19-12(3)4/h12-16,18H,5-11H2,1-4H3. The third-order valence-electron chi connectivity index (χ3n) is 3.90. The van der Waals surface area contributed by atoms with Gasteiger partial charge in [-0.1, -0.05) is 20.3 Å². The highest BCUT2D eigenvalue weighted by Gasteiger charge is 2.28. The van der Waals surface area contributed by atoms with Crippen LogP contribution in [0.3, 0.4) is 0 Å². The van der Waals surface area contributed by atoms with Gasteiger partial charge in [0.25, 0.3) is 0 Å². The molecule has 1 aliphatic heterocycles. The first-order valence-corrected chi connectivity index (χ1v) is 7.82. The molecule has 4 nitrogen and oxygen atoms in total. The fourth-order valence-corrected chi connectivity index (χ4v) is 2.87. The van der Waals surface area contributed by atoms with E-state index in [1.807, 2.05) is 13.8 Å². The SMILES string of the molecule is CCNC1CCN(CC(O)COC(C)C)CC1CC. The molecule has 114 valence electrons. The molecule has 0 aliphatic carbocycles. The molecule has 19 heavy (non-hydrogen) atoms. The van der Waals surface area contributed by atoms with E-state index >= 15 is 0 Å². The molecule has 1 fully saturated rings. The number of hydrogen-bond acceptors (Lipinski definition) is 4. The molecule has 1 aliphatic rings. The Kier molecular flexibility index (Phi) is 7.91. The van der Waals surface area contributed by atoms with Gasteiger partial charge in [0.15, 0.2) is 0 Å². The lowest BCUT2D eigenvalue weighted by Crippen LogP contribution is -2.51. The summed E-state index contributed by atoms with van der Waals surface area (Å²) >= 11 is 0. The van der Waals surface area contributed by atoms with E-state index in [4.69, 9.17) is 4.74 Å². The van der Waals surface area contributed by atoms with E-state index in [9.17, 15) is 5.11 Å². The van der Waals surface area contributed by atoms with Crippen molar-refractivity contribution < 1.29 is 9.84 Å². The molecule has 0 aromatic carbocycles. The summed E-state index contributed by atoms with van der Waals surface area (Å²) in [4.78, 5) is 2.39.